The number of anilines is 1. The Morgan fingerprint density at radius 1 is 1.22 bits per heavy atom. The Morgan fingerprint density at radius 3 is 2.83 bits per heavy atom. The minimum atomic E-state index is -0.224. The Balaban J connectivity index is 1.65. The molecule has 23 heavy (non-hydrogen) atoms. The predicted octanol–water partition coefficient (Wildman–Crippen LogP) is 3.45. The Hall–Kier alpha value is -2.69. The molecule has 0 aliphatic heterocycles. The van der Waals surface area contributed by atoms with Crippen molar-refractivity contribution in [1.29, 1.82) is 0 Å². The highest BCUT2D eigenvalue weighted by molar-refractivity contribution is 6.02. The van der Waals surface area contributed by atoms with Gasteiger partial charge >= 0.3 is 0 Å². The predicted molar refractivity (Wildman–Crippen MR) is 89.0 cm³/mol. The third-order valence-electron chi connectivity index (χ3n) is 3.73. The Morgan fingerprint density at radius 2 is 2.04 bits per heavy atom. The van der Waals surface area contributed by atoms with Crippen LogP contribution >= 0.6 is 0 Å². The van der Waals surface area contributed by atoms with E-state index >= 15 is 0 Å². The number of aromatic nitrogens is 2. The van der Waals surface area contributed by atoms with Crippen LogP contribution in [0.5, 0.6) is 5.75 Å². The fourth-order valence-electron chi connectivity index (χ4n) is 2.59. The molecule has 1 amide bonds. The highest BCUT2D eigenvalue weighted by atomic mass is 16.5. The number of carbonyl (C=O) groups excluding carboxylic acids is 1. The number of nitrogens with one attached hydrogen (secondary N) is 1. The first-order valence-electron chi connectivity index (χ1n) is 7.82. The zero-order valence-electron chi connectivity index (χ0n) is 12.8. The quantitative estimate of drug-likeness (QED) is 0.859. The molecule has 1 aliphatic carbocycles. The minimum Gasteiger partial charge on any atom is -0.488 e. The average Bonchev–Trinajstić information content (AvgIpc) is 3.09. The van der Waals surface area contributed by atoms with Crippen molar-refractivity contribution in [3.05, 3.63) is 54.6 Å². The second-order valence-corrected chi connectivity index (χ2v) is 5.47. The lowest BCUT2D eigenvalue weighted by molar-refractivity contribution is -0.111. The molecular formula is C18H19N3O2. The third kappa shape index (κ3) is 4.39. The molecule has 1 heterocycles. The van der Waals surface area contributed by atoms with E-state index in [1.807, 2.05) is 24.3 Å². The van der Waals surface area contributed by atoms with Crippen molar-refractivity contribution in [1.82, 2.24) is 9.97 Å². The second-order valence-electron chi connectivity index (χ2n) is 5.47. The Bertz CT molecular complexity index is 680. The normalized spacial score (nSPS) is 15.0. The van der Waals surface area contributed by atoms with Gasteiger partial charge < -0.3 is 10.1 Å². The van der Waals surface area contributed by atoms with Crippen molar-refractivity contribution in [3.8, 4) is 5.75 Å². The molecule has 1 aromatic heterocycles. The SMILES string of the molecule is O=C(/C=C\c1cnccn1)Nc1ccccc1OC1CCCC1. The van der Waals surface area contributed by atoms with Crippen LogP contribution in [0.25, 0.3) is 6.08 Å². The fraction of sp³-hybridized carbons (Fsp3) is 0.278. The topological polar surface area (TPSA) is 64.1 Å². The summed E-state index contributed by atoms with van der Waals surface area (Å²) in [5.74, 6) is 0.499. The number of para-hydroxylation sites is 2. The molecule has 3 rings (SSSR count). The maximum Gasteiger partial charge on any atom is 0.248 e. The first kappa shape index (κ1) is 15.2. The number of hydrogen-bond acceptors (Lipinski definition) is 4. The number of ether oxygens (including phenoxy) is 1. The summed E-state index contributed by atoms with van der Waals surface area (Å²) in [7, 11) is 0. The standard InChI is InChI=1S/C18H19N3O2/c22-18(10-9-14-13-19-11-12-20-14)21-16-7-3-4-8-17(16)23-15-5-1-2-6-15/h3-4,7-13,15H,1-2,5-6H2,(H,21,22)/b10-9-. The van der Waals surface area contributed by atoms with E-state index in [0.29, 0.717) is 11.4 Å². The summed E-state index contributed by atoms with van der Waals surface area (Å²) in [6, 6.07) is 7.53. The molecule has 0 spiro atoms. The molecule has 0 radical (unpaired) electrons. The third-order valence-corrected chi connectivity index (χ3v) is 3.73. The summed E-state index contributed by atoms with van der Waals surface area (Å²) in [5.41, 5.74) is 1.33. The van der Waals surface area contributed by atoms with Crippen LogP contribution in [0.1, 0.15) is 31.4 Å². The second kappa shape index (κ2) is 7.54. The summed E-state index contributed by atoms with van der Waals surface area (Å²) < 4.78 is 6.01. The van der Waals surface area contributed by atoms with E-state index in [9.17, 15) is 4.79 Å². The molecule has 0 bridgehead atoms. The van der Waals surface area contributed by atoms with E-state index in [4.69, 9.17) is 4.74 Å². The van der Waals surface area contributed by atoms with Crippen molar-refractivity contribution in [3.63, 3.8) is 0 Å². The number of benzene rings is 1. The van der Waals surface area contributed by atoms with Gasteiger partial charge in [0.25, 0.3) is 0 Å². The molecule has 0 unspecified atom stereocenters. The largest absolute Gasteiger partial charge is 0.488 e. The van der Waals surface area contributed by atoms with E-state index < -0.39 is 0 Å². The monoisotopic (exact) mass is 309 g/mol. The molecule has 1 aliphatic rings. The van der Waals surface area contributed by atoms with Crippen molar-refractivity contribution in [2.24, 2.45) is 0 Å². The van der Waals surface area contributed by atoms with Crippen LogP contribution in [-0.2, 0) is 4.79 Å². The maximum atomic E-state index is 12.1. The molecule has 2 aromatic rings. The van der Waals surface area contributed by atoms with Crippen molar-refractivity contribution >= 4 is 17.7 Å². The van der Waals surface area contributed by atoms with Crippen LogP contribution in [0.3, 0.4) is 0 Å². The van der Waals surface area contributed by atoms with E-state index in [1.165, 1.54) is 18.9 Å². The van der Waals surface area contributed by atoms with Gasteiger partial charge in [0.15, 0.2) is 0 Å². The van der Waals surface area contributed by atoms with Crippen LogP contribution in [0.4, 0.5) is 5.69 Å². The summed E-state index contributed by atoms with van der Waals surface area (Å²) in [6.45, 7) is 0. The Labute approximate surface area is 135 Å². The molecule has 1 saturated carbocycles. The maximum absolute atomic E-state index is 12.1. The smallest absolute Gasteiger partial charge is 0.248 e. The van der Waals surface area contributed by atoms with Gasteiger partial charge in [-0.2, -0.15) is 0 Å². The first-order chi connectivity index (χ1) is 11.3. The summed E-state index contributed by atoms with van der Waals surface area (Å²) in [5, 5.41) is 2.86. The average molecular weight is 309 g/mol. The van der Waals surface area contributed by atoms with Crippen LogP contribution in [0.15, 0.2) is 48.9 Å². The molecule has 1 aromatic carbocycles. The van der Waals surface area contributed by atoms with Crippen LogP contribution in [0, 0.1) is 0 Å². The fourth-order valence-corrected chi connectivity index (χ4v) is 2.59. The molecule has 1 fully saturated rings. The molecule has 118 valence electrons. The zero-order chi connectivity index (χ0) is 15.9. The van der Waals surface area contributed by atoms with Gasteiger partial charge in [0.1, 0.15) is 5.75 Å². The van der Waals surface area contributed by atoms with Gasteiger partial charge in [-0.25, -0.2) is 0 Å². The van der Waals surface area contributed by atoms with Gasteiger partial charge in [-0.1, -0.05) is 12.1 Å². The van der Waals surface area contributed by atoms with Gasteiger partial charge in [-0.05, 0) is 43.9 Å². The van der Waals surface area contributed by atoms with Gasteiger partial charge in [-0.3, -0.25) is 14.8 Å². The summed E-state index contributed by atoms with van der Waals surface area (Å²) in [6.07, 6.45) is 12.7. The van der Waals surface area contributed by atoms with Gasteiger partial charge in [0, 0.05) is 18.5 Å². The van der Waals surface area contributed by atoms with Crippen LogP contribution in [0.2, 0.25) is 0 Å². The molecule has 5 heteroatoms. The lowest BCUT2D eigenvalue weighted by Gasteiger charge is -2.16. The molecule has 5 nitrogen and oxygen atoms in total. The highest BCUT2D eigenvalue weighted by Crippen LogP contribution is 2.29. The van der Waals surface area contributed by atoms with E-state index in [-0.39, 0.29) is 12.0 Å². The van der Waals surface area contributed by atoms with Gasteiger partial charge in [0.2, 0.25) is 5.91 Å². The molecule has 0 atom stereocenters. The van der Waals surface area contributed by atoms with Crippen molar-refractivity contribution < 1.29 is 9.53 Å². The summed E-state index contributed by atoms with van der Waals surface area (Å²) in [4.78, 5) is 20.1. The number of amides is 1. The van der Waals surface area contributed by atoms with Gasteiger partial charge in [-0.15, -0.1) is 0 Å². The van der Waals surface area contributed by atoms with E-state index in [1.54, 1.807) is 24.7 Å². The Kier molecular flexibility index (Phi) is 4.99. The zero-order valence-corrected chi connectivity index (χ0v) is 12.8. The number of hydrogen-bond donors (Lipinski definition) is 1. The number of rotatable bonds is 5. The van der Waals surface area contributed by atoms with Crippen LogP contribution < -0.4 is 10.1 Å². The lowest BCUT2D eigenvalue weighted by atomic mass is 10.2. The highest BCUT2D eigenvalue weighted by Gasteiger charge is 2.18. The van der Waals surface area contributed by atoms with Crippen LogP contribution in [-0.4, -0.2) is 22.0 Å². The number of nitrogens with zero attached hydrogens (tertiary/aromatic N) is 2. The van der Waals surface area contributed by atoms with E-state index in [0.717, 1.165) is 18.6 Å². The lowest BCUT2D eigenvalue weighted by Crippen LogP contribution is -2.14. The number of carbonyl (C=O) groups is 1. The molecule has 1 N–H and O–H groups in total. The molecular weight excluding hydrogens is 290 g/mol. The molecule has 0 saturated heterocycles. The van der Waals surface area contributed by atoms with Crippen molar-refractivity contribution in [2.75, 3.05) is 5.32 Å². The van der Waals surface area contributed by atoms with Crippen molar-refractivity contribution in [2.45, 2.75) is 31.8 Å². The summed E-state index contributed by atoms with van der Waals surface area (Å²) >= 11 is 0. The first-order valence-corrected chi connectivity index (χ1v) is 7.82. The minimum absolute atomic E-state index is 0.224. The van der Waals surface area contributed by atoms with E-state index in [2.05, 4.69) is 15.3 Å². The van der Waals surface area contributed by atoms with Gasteiger partial charge in [0.05, 0.1) is 23.7 Å².